The second-order valence-corrected chi connectivity index (χ2v) is 3.82. The van der Waals surface area contributed by atoms with Crippen LogP contribution in [-0.4, -0.2) is 9.91 Å². The Morgan fingerprint density at radius 1 is 1.28 bits per heavy atom. The Hall–Kier alpha value is -1.89. The Bertz CT molecular complexity index is 643. The molecule has 0 amide bonds. The van der Waals surface area contributed by atoms with Gasteiger partial charge in [-0.05, 0) is 18.2 Å². The van der Waals surface area contributed by atoms with Crippen LogP contribution >= 0.6 is 11.6 Å². The van der Waals surface area contributed by atoms with E-state index in [0.717, 1.165) is 24.3 Å². The highest BCUT2D eigenvalue weighted by atomic mass is 35.5. The summed E-state index contributed by atoms with van der Waals surface area (Å²) < 4.78 is 37.4. The fraction of sp³-hybridized carbons (Fsp3) is 0.100. The maximum Gasteiger partial charge on any atom is 0.416 e. The van der Waals surface area contributed by atoms with Crippen molar-refractivity contribution in [1.29, 1.82) is 0 Å². The van der Waals surface area contributed by atoms with E-state index in [1.807, 2.05) is 0 Å². The van der Waals surface area contributed by atoms with E-state index in [4.69, 9.17) is 11.6 Å². The van der Waals surface area contributed by atoms with Crippen LogP contribution in [0, 0.1) is 10.1 Å². The summed E-state index contributed by atoms with van der Waals surface area (Å²) in [6.45, 7) is 0. The third-order valence-corrected chi connectivity index (χ3v) is 2.55. The van der Waals surface area contributed by atoms with Gasteiger partial charge < -0.3 is 0 Å². The minimum atomic E-state index is -4.51. The molecule has 0 fully saturated rings. The first-order valence-electron chi connectivity index (χ1n) is 4.61. The third kappa shape index (κ3) is 2.21. The Labute approximate surface area is 103 Å². The van der Waals surface area contributed by atoms with Crippen LogP contribution in [0.1, 0.15) is 5.56 Å². The zero-order chi connectivity index (χ0) is 13.5. The van der Waals surface area contributed by atoms with Gasteiger partial charge in [-0.15, -0.1) is 0 Å². The van der Waals surface area contributed by atoms with Gasteiger partial charge in [-0.1, -0.05) is 11.6 Å². The lowest BCUT2D eigenvalue weighted by Gasteiger charge is -2.07. The number of halogens is 4. The average molecular weight is 277 g/mol. The first kappa shape index (κ1) is 12.6. The topological polar surface area (TPSA) is 56.0 Å². The fourth-order valence-electron chi connectivity index (χ4n) is 1.45. The van der Waals surface area contributed by atoms with Crippen molar-refractivity contribution in [2.45, 2.75) is 6.18 Å². The molecule has 18 heavy (non-hydrogen) atoms. The zero-order valence-electron chi connectivity index (χ0n) is 8.53. The van der Waals surface area contributed by atoms with Gasteiger partial charge in [0.05, 0.1) is 16.0 Å². The number of pyridine rings is 1. The van der Waals surface area contributed by atoms with Gasteiger partial charge in [-0.3, -0.25) is 10.1 Å². The lowest BCUT2D eigenvalue weighted by Crippen LogP contribution is -2.04. The molecule has 4 nitrogen and oxygen atoms in total. The first-order valence-corrected chi connectivity index (χ1v) is 4.99. The molecule has 2 rings (SSSR count). The fourth-order valence-corrected chi connectivity index (χ4v) is 1.66. The van der Waals surface area contributed by atoms with Gasteiger partial charge in [0.25, 0.3) is 0 Å². The van der Waals surface area contributed by atoms with Crippen molar-refractivity contribution in [1.82, 2.24) is 4.98 Å². The monoisotopic (exact) mass is 276 g/mol. The Morgan fingerprint density at radius 3 is 2.50 bits per heavy atom. The van der Waals surface area contributed by atoms with E-state index in [0.29, 0.717) is 0 Å². The average Bonchev–Trinajstić information content (AvgIpc) is 2.25. The molecule has 0 bridgehead atoms. The van der Waals surface area contributed by atoms with Crippen molar-refractivity contribution in [3.63, 3.8) is 0 Å². The van der Waals surface area contributed by atoms with Crippen molar-refractivity contribution < 1.29 is 18.1 Å². The standard InChI is InChI=1S/C10H4ClF3N2O2/c11-9-8(16(17)18)4-5-3-6(10(12,13)14)1-2-7(5)15-9/h1-4H. The summed E-state index contributed by atoms with van der Waals surface area (Å²) in [7, 11) is 0. The molecular weight excluding hydrogens is 273 g/mol. The maximum absolute atomic E-state index is 12.5. The van der Waals surface area contributed by atoms with Crippen molar-refractivity contribution >= 4 is 28.2 Å². The number of benzene rings is 1. The second-order valence-electron chi connectivity index (χ2n) is 3.46. The van der Waals surface area contributed by atoms with Gasteiger partial charge >= 0.3 is 11.9 Å². The molecule has 0 atom stereocenters. The minimum absolute atomic E-state index is 0.0147. The molecule has 0 saturated heterocycles. The summed E-state index contributed by atoms with van der Waals surface area (Å²) in [5, 5.41) is 10.3. The van der Waals surface area contributed by atoms with Crippen LogP contribution in [0.3, 0.4) is 0 Å². The lowest BCUT2D eigenvalue weighted by molar-refractivity contribution is -0.384. The molecule has 0 spiro atoms. The number of rotatable bonds is 1. The molecule has 1 heterocycles. The Balaban J connectivity index is 2.69. The normalized spacial score (nSPS) is 11.8. The third-order valence-electron chi connectivity index (χ3n) is 2.27. The number of nitro groups is 1. The molecule has 2 aromatic rings. The van der Waals surface area contributed by atoms with Gasteiger partial charge in [-0.25, -0.2) is 4.98 Å². The molecule has 0 aliphatic heterocycles. The molecule has 0 saturated carbocycles. The van der Waals surface area contributed by atoms with Crippen LogP contribution in [-0.2, 0) is 6.18 Å². The predicted octanol–water partition coefficient (Wildman–Crippen LogP) is 3.82. The molecule has 8 heteroatoms. The first-order chi connectivity index (χ1) is 8.29. The predicted molar refractivity (Wildman–Crippen MR) is 58.4 cm³/mol. The minimum Gasteiger partial charge on any atom is -0.258 e. The van der Waals surface area contributed by atoms with E-state index in [1.165, 1.54) is 0 Å². The van der Waals surface area contributed by atoms with Crippen molar-refractivity contribution in [3.8, 4) is 0 Å². The molecule has 0 aliphatic rings. The summed E-state index contributed by atoms with van der Waals surface area (Å²) in [5.41, 5.74) is -1.25. The highest BCUT2D eigenvalue weighted by Crippen LogP contribution is 2.33. The molecule has 0 unspecified atom stereocenters. The van der Waals surface area contributed by atoms with E-state index in [-0.39, 0.29) is 16.1 Å². The van der Waals surface area contributed by atoms with Crippen molar-refractivity contribution in [3.05, 3.63) is 45.1 Å². The summed E-state index contributed by atoms with van der Waals surface area (Å²) in [5.74, 6) is 0. The highest BCUT2D eigenvalue weighted by Gasteiger charge is 2.30. The van der Waals surface area contributed by atoms with Crippen LogP contribution in [0.2, 0.25) is 5.15 Å². The van der Waals surface area contributed by atoms with Crippen molar-refractivity contribution in [2.24, 2.45) is 0 Å². The Kier molecular flexibility index (Phi) is 2.86. The van der Waals surface area contributed by atoms with E-state index in [1.54, 1.807) is 0 Å². The number of aromatic nitrogens is 1. The zero-order valence-corrected chi connectivity index (χ0v) is 9.29. The summed E-state index contributed by atoms with van der Waals surface area (Å²) >= 11 is 5.55. The largest absolute Gasteiger partial charge is 0.416 e. The van der Waals surface area contributed by atoms with Crippen LogP contribution in [0.25, 0.3) is 10.9 Å². The second kappa shape index (κ2) is 4.09. The van der Waals surface area contributed by atoms with Gasteiger partial charge in [0.1, 0.15) is 0 Å². The van der Waals surface area contributed by atoms with E-state index in [9.17, 15) is 23.3 Å². The van der Waals surface area contributed by atoms with Crippen molar-refractivity contribution in [2.75, 3.05) is 0 Å². The summed E-state index contributed by atoms with van der Waals surface area (Å²) in [6.07, 6.45) is -4.51. The number of alkyl halides is 3. The molecule has 0 N–H and O–H groups in total. The van der Waals surface area contributed by atoms with E-state index < -0.39 is 22.4 Å². The summed E-state index contributed by atoms with van der Waals surface area (Å²) in [4.78, 5) is 13.5. The van der Waals surface area contributed by atoms with Crippen LogP contribution < -0.4 is 0 Å². The highest BCUT2D eigenvalue weighted by molar-refractivity contribution is 6.31. The Morgan fingerprint density at radius 2 is 1.94 bits per heavy atom. The van der Waals surface area contributed by atoms with Crippen LogP contribution in [0.5, 0.6) is 0 Å². The summed E-state index contributed by atoms with van der Waals surface area (Å²) in [6, 6.07) is 3.73. The van der Waals surface area contributed by atoms with Crippen LogP contribution in [0.4, 0.5) is 18.9 Å². The maximum atomic E-state index is 12.5. The SMILES string of the molecule is O=[N+]([O-])c1cc2cc(C(F)(F)F)ccc2nc1Cl. The number of fused-ring (bicyclic) bond motifs is 1. The van der Waals surface area contributed by atoms with Gasteiger partial charge in [0.2, 0.25) is 5.15 Å². The van der Waals surface area contributed by atoms with Gasteiger partial charge in [0, 0.05) is 11.5 Å². The van der Waals surface area contributed by atoms with Crippen LogP contribution in [0.15, 0.2) is 24.3 Å². The number of nitrogens with zero attached hydrogens (tertiary/aromatic N) is 2. The van der Waals surface area contributed by atoms with E-state index >= 15 is 0 Å². The lowest BCUT2D eigenvalue weighted by atomic mass is 10.1. The van der Waals surface area contributed by atoms with Gasteiger partial charge in [-0.2, -0.15) is 13.2 Å². The number of hydrogen-bond donors (Lipinski definition) is 0. The molecule has 0 radical (unpaired) electrons. The number of hydrogen-bond acceptors (Lipinski definition) is 3. The molecule has 94 valence electrons. The molecule has 1 aromatic heterocycles. The molecule has 0 aliphatic carbocycles. The van der Waals surface area contributed by atoms with E-state index in [2.05, 4.69) is 4.98 Å². The molecule has 1 aromatic carbocycles. The quantitative estimate of drug-likeness (QED) is 0.452. The smallest absolute Gasteiger partial charge is 0.258 e. The molecular formula is C10H4ClF3N2O2. The van der Waals surface area contributed by atoms with Gasteiger partial charge in [0.15, 0.2) is 0 Å².